The minimum atomic E-state index is -0.250. The molecule has 3 fully saturated rings. The predicted octanol–water partition coefficient (Wildman–Crippen LogP) is 2.36. The second kappa shape index (κ2) is 9.87. The van der Waals surface area contributed by atoms with Crippen LogP contribution in [0.15, 0.2) is 17.7 Å². The molecule has 1 amide bonds. The summed E-state index contributed by atoms with van der Waals surface area (Å²) < 4.78 is 6.50. The lowest BCUT2D eigenvalue weighted by Gasteiger charge is -2.29. The highest BCUT2D eigenvalue weighted by Crippen LogP contribution is 2.54. The topological polar surface area (TPSA) is 105 Å². The third-order valence-electron chi connectivity index (χ3n) is 6.55. The number of hydrogen-bond acceptors (Lipinski definition) is 6. The second-order valence-electron chi connectivity index (χ2n) is 9.09. The third kappa shape index (κ3) is 5.30. The van der Waals surface area contributed by atoms with Crippen molar-refractivity contribution in [1.82, 2.24) is 20.2 Å². The van der Waals surface area contributed by atoms with Crippen molar-refractivity contribution in [2.75, 3.05) is 26.2 Å². The van der Waals surface area contributed by atoms with Crippen molar-refractivity contribution < 1.29 is 19.4 Å². The normalized spacial score (nSPS) is 28.5. The van der Waals surface area contributed by atoms with Gasteiger partial charge in [-0.05, 0) is 53.0 Å². The molecule has 4 atom stereocenters. The van der Waals surface area contributed by atoms with E-state index in [0.717, 1.165) is 44.6 Å². The van der Waals surface area contributed by atoms with E-state index in [1.165, 1.54) is 5.57 Å². The molecule has 8 heteroatoms. The molecule has 4 rings (SSSR count). The lowest BCUT2D eigenvalue weighted by molar-refractivity contribution is -0.122. The van der Waals surface area contributed by atoms with Crippen LogP contribution in [-0.2, 0) is 9.53 Å². The van der Waals surface area contributed by atoms with E-state index in [0.29, 0.717) is 36.0 Å². The first-order chi connectivity index (χ1) is 14.8. The lowest BCUT2D eigenvalue weighted by atomic mass is 9.73. The van der Waals surface area contributed by atoms with E-state index in [9.17, 15) is 4.79 Å². The molecule has 0 radical (unpaired) electrons. The highest BCUT2D eigenvalue weighted by molar-refractivity contribution is 5.92. The Morgan fingerprint density at radius 1 is 1.39 bits per heavy atom. The van der Waals surface area contributed by atoms with Gasteiger partial charge in [0.2, 0.25) is 0 Å². The third-order valence-corrected chi connectivity index (χ3v) is 6.55. The van der Waals surface area contributed by atoms with Gasteiger partial charge in [-0.15, -0.1) is 0 Å². The number of aromatic nitrogens is 2. The highest BCUT2D eigenvalue weighted by atomic mass is 16.5. The number of amides is 1. The summed E-state index contributed by atoms with van der Waals surface area (Å²) in [6, 6.07) is 1.75. The maximum atomic E-state index is 12.6. The average molecular weight is 431 g/mol. The molecular weight excluding hydrogens is 396 g/mol. The summed E-state index contributed by atoms with van der Waals surface area (Å²) in [6.07, 6.45) is 5.98. The van der Waals surface area contributed by atoms with Gasteiger partial charge in [-0.2, -0.15) is 0 Å². The molecule has 0 aliphatic carbocycles. The first kappa shape index (κ1) is 23.3. The number of carboxylic acid groups (broad SMARTS) is 1. The largest absolute Gasteiger partial charge is 0.483 e. The molecule has 170 valence electrons. The molecule has 0 unspecified atom stereocenters. The maximum absolute atomic E-state index is 12.6. The summed E-state index contributed by atoms with van der Waals surface area (Å²) in [6.45, 7) is 11.7. The van der Waals surface area contributed by atoms with Crippen LogP contribution in [0.1, 0.15) is 55.1 Å². The maximum Gasteiger partial charge on any atom is 0.290 e. The fraction of sp³-hybridized carbons (Fsp3) is 0.652. The van der Waals surface area contributed by atoms with Gasteiger partial charge in [0.1, 0.15) is 11.5 Å². The van der Waals surface area contributed by atoms with Gasteiger partial charge in [0.25, 0.3) is 12.4 Å². The Labute approximate surface area is 184 Å². The van der Waals surface area contributed by atoms with Crippen LogP contribution in [0.2, 0.25) is 0 Å². The highest BCUT2D eigenvalue weighted by Gasteiger charge is 2.62. The van der Waals surface area contributed by atoms with Gasteiger partial charge >= 0.3 is 0 Å². The fourth-order valence-electron chi connectivity index (χ4n) is 5.40. The van der Waals surface area contributed by atoms with Gasteiger partial charge in [-0.1, -0.05) is 11.6 Å². The summed E-state index contributed by atoms with van der Waals surface area (Å²) in [4.78, 5) is 32.1. The standard InChI is InChI=1S/C22H32N4O2.CH2O2/c1-14(2)6-5-9-26-12-18-17(20-7-8-22(18,13-26)28-20)11-23-21(27)19-10-15(3)24-16(4)25-19;2-1-3/h6,10,17-18,20H,5,7-9,11-13H2,1-4H3,(H,23,27);1H,(H,2,3)/t17-,18+,20+,22+;/m0./s1. The van der Waals surface area contributed by atoms with Crippen molar-refractivity contribution in [3.63, 3.8) is 0 Å². The van der Waals surface area contributed by atoms with Crippen molar-refractivity contribution >= 4 is 12.4 Å². The summed E-state index contributed by atoms with van der Waals surface area (Å²) in [5, 5.41) is 10.0. The van der Waals surface area contributed by atoms with Crippen LogP contribution < -0.4 is 5.32 Å². The summed E-state index contributed by atoms with van der Waals surface area (Å²) in [7, 11) is 0. The number of carbonyl (C=O) groups is 2. The molecule has 31 heavy (non-hydrogen) atoms. The van der Waals surface area contributed by atoms with E-state index in [1.807, 2.05) is 13.8 Å². The number of hydrogen-bond donors (Lipinski definition) is 2. The quantitative estimate of drug-likeness (QED) is 0.527. The Morgan fingerprint density at radius 3 is 2.81 bits per heavy atom. The smallest absolute Gasteiger partial charge is 0.290 e. The molecule has 3 saturated heterocycles. The molecule has 0 saturated carbocycles. The van der Waals surface area contributed by atoms with Crippen LogP contribution in [0, 0.1) is 25.7 Å². The van der Waals surface area contributed by atoms with Gasteiger partial charge < -0.3 is 15.2 Å². The molecule has 1 aromatic rings. The van der Waals surface area contributed by atoms with Crippen molar-refractivity contribution in [3.05, 3.63) is 34.9 Å². The zero-order valence-corrected chi connectivity index (χ0v) is 18.9. The zero-order chi connectivity index (χ0) is 22.6. The van der Waals surface area contributed by atoms with Crippen molar-refractivity contribution in [1.29, 1.82) is 0 Å². The SMILES string of the molecule is CC(C)=CCCN1C[C@@H]2[C@H](CNC(=O)c3cc(C)nc(C)n3)[C@H]3CC[C@]2(C1)O3.O=CO. The number of ether oxygens (including phenoxy) is 1. The van der Waals surface area contributed by atoms with E-state index in [4.69, 9.17) is 14.6 Å². The Balaban J connectivity index is 0.000000858. The molecule has 0 aromatic carbocycles. The van der Waals surface area contributed by atoms with Crippen LogP contribution in [-0.4, -0.2) is 70.2 Å². The molecule has 1 spiro atoms. The van der Waals surface area contributed by atoms with E-state index < -0.39 is 0 Å². The number of nitrogens with one attached hydrogen (secondary N) is 1. The molecule has 8 nitrogen and oxygen atoms in total. The average Bonchev–Trinajstić information content (AvgIpc) is 3.34. The number of nitrogens with zero attached hydrogens (tertiary/aromatic N) is 3. The first-order valence-electron chi connectivity index (χ1n) is 11.0. The van der Waals surface area contributed by atoms with E-state index >= 15 is 0 Å². The first-order valence-corrected chi connectivity index (χ1v) is 11.0. The molecule has 3 aliphatic heterocycles. The molecule has 2 N–H and O–H groups in total. The Hall–Kier alpha value is -2.32. The predicted molar refractivity (Wildman–Crippen MR) is 117 cm³/mol. The zero-order valence-electron chi connectivity index (χ0n) is 18.9. The second-order valence-corrected chi connectivity index (χ2v) is 9.09. The number of rotatable bonds is 6. The number of fused-ring (bicyclic) bond motifs is 1. The number of likely N-dealkylation sites (tertiary alicyclic amines) is 1. The van der Waals surface area contributed by atoms with Gasteiger partial charge in [0.15, 0.2) is 0 Å². The minimum Gasteiger partial charge on any atom is -0.483 e. The summed E-state index contributed by atoms with van der Waals surface area (Å²) >= 11 is 0. The number of aryl methyl sites for hydroxylation is 2. The minimum absolute atomic E-state index is 0.0210. The monoisotopic (exact) mass is 430 g/mol. The van der Waals surface area contributed by atoms with E-state index in [1.54, 1.807) is 6.07 Å². The molecular formula is C23H34N4O4. The van der Waals surface area contributed by atoms with Crippen LogP contribution >= 0.6 is 0 Å². The van der Waals surface area contributed by atoms with E-state index in [2.05, 4.69) is 40.1 Å². The Morgan fingerprint density at radius 2 is 2.13 bits per heavy atom. The van der Waals surface area contributed by atoms with Gasteiger partial charge in [-0.3, -0.25) is 14.5 Å². The Kier molecular flexibility index (Phi) is 7.43. The molecule has 3 aliphatic rings. The molecule has 4 heterocycles. The van der Waals surface area contributed by atoms with Gasteiger partial charge in [0.05, 0.1) is 11.7 Å². The summed E-state index contributed by atoms with van der Waals surface area (Å²) in [5.41, 5.74) is 2.68. The van der Waals surface area contributed by atoms with Gasteiger partial charge in [-0.25, -0.2) is 9.97 Å². The summed E-state index contributed by atoms with van der Waals surface area (Å²) in [5.74, 6) is 1.45. The van der Waals surface area contributed by atoms with Crippen LogP contribution in [0.3, 0.4) is 0 Å². The van der Waals surface area contributed by atoms with Crippen LogP contribution in [0.25, 0.3) is 0 Å². The Bertz CT molecular complexity index is 819. The van der Waals surface area contributed by atoms with Crippen LogP contribution in [0.5, 0.6) is 0 Å². The molecule has 1 aromatic heterocycles. The van der Waals surface area contributed by atoms with Gasteiger partial charge in [0, 0.05) is 43.7 Å². The van der Waals surface area contributed by atoms with Crippen molar-refractivity contribution in [2.24, 2.45) is 11.8 Å². The fourth-order valence-corrected chi connectivity index (χ4v) is 5.40. The number of allylic oxidation sites excluding steroid dienone is 1. The van der Waals surface area contributed by atoms with Crippen molar-refractivity contribution in [2.45, 2.75) is 58.7 Å². The number of carbonyl (C=O) groups excluding carboxylic acids is 1. The lowest BCUT2D eigenvalue weighted by Crippen LogP contribution is -2.42. The van der Waals surface area contributed by atoms with E-state index in [-0.39, 0.29) is 18.0 Å². The van der Waals surface area contributed by atoms with Crippen molar-refractivity contribution in [3.8, 4) is 0 Å². The van der Waals surface area contributed by atoms with Crippen LogP contribution in [0.4, 0.5) is 0 Å². The molecule has 2 bridgehead atoms.